The Bertz CT molecular complexity index is 405. The fourth-order valence-corrected chi connectivity index (χ4v) is 1.63. The minimum absolute atomic E-state index is 0.272. The predicted octanol–water partition coefficient (Wildman–Crippen LogP) is 0.273. The Hall–Kier alpha value is -1.59. The molecular weight excluding hydrogens is 222 g/mol. The summed E-state index contributed by atoms with van der Waals surface area (Å²) in [6.45, 7) is 1.83. The van der Waals surface area contributed by atoms with Gasteiger partial charge >= 0.3 is 0 Å². The van der Waals surface area contributed by atoms with Gasteiger partial charge in [0.05, 0.1) is 19.6 Å². The lowest BCUT2D eigenvalue weighted by Crippen LogP contribution is -2.25. The summed E-state index contributed by atoms with van der Waals surface area (Å²) in [6, 6.07) is 5.04. The molecular formula is C12H17NO4. The molecule has 0 radical (unpaired) electrons. The Morgan fingerprint density at radius 2 is 2.12 bits per heavy atom. The van der Waals surface area contributed by atoms with Crippen LogP contribution in [0.5, 0.6) is 5.75 Å². The molecule has 1 aromatic carbocycles. The topological polar surface area (TPSA) is 92.8 Å². The van der Waals surface area contributed by atoms with Crippen molar-refractivity contribution in [1.29, 1.82) is 0 Å². The molecule has 0 saturated heterocycles. The highest BCUT2D eigenvalue weighted by Crippen LogP contribution is 2.25. The number of benzene rings is 1. The number of carbonyl (C=O) groups excluding carboxylic acids is 1. The van der Waals surface area contributed by atoms with Gasteiger partial charge in [-0.3, -0.25) is 4.79 Å². The van der Waals surface area contributed by atoms with Crippen LogP contribution in [0.1, 0.15) is 23.7 Å². The van der Waals surface area contributed by atoms with Crippen LogP contribution in [-0.4, -0.2) is 29.3 Å². The first-order valence-corrected chi connectivity index (χ1v) is 5.24. The third-order valence-electron chi connectivity index (χ3n) is 2.54. The zero-order chi connectivity index (χ0) is 13.0. The summed E-state index contributed by atoms with van der Waals surface area (Å²) in [7, 11) is 1.56. The number of aliphatic hydroxyl groups excluding tert-OH is 2. The molecule has 5 nitrogen and oxygen atoms in total. The lowest BCUT2D eigenvalue weighted by Gasteiger charge is -2.18. The predicted molar refractivity (Wildman–Crippen MR) is 62.5 cm³/mol. The van der Waals surface area contributed by atoms with Crippen molar-refractivity contribution < 1.29 is 19.7 Å². The standard InChI is InChI=1S/C12H17NO4/c1-7-5-8(3-4-10(7)17-2)12(16)9(14)6-11(13)15/h3-5,9,12,14,16H,6H2,1-2H3,(H2,13,15). The molecule has 0 saturated carbocycles. The van der Waals surface area contributed by atoms with Gasteiger partial charge in [-0.05, 0) is 30.2 Å². The van der Waals surface area contributed by atoms with Gasteiger partial charge < -0.3 is 20.7 Å². The summed E-state index contributed by atoms with van der Waals surface area (Å²) in [5.74, 6) is 0.0483. The highest BCUT2D eigenvalue weighted by molar-refractivity contribution is 5.74. The summed E-state index contributed by atoms with van der Waals surface area (Å²) in [5, 5.41) is 19.4. The van der Waals surface area contributed by atoms with Gasteiger partial charge in [-0.15, -0.1) is 0 Å². The maximum absolute atomic E-state index is 10.6. The van der Waals surface area contributed by atoms with E-state index in [0.29, 0.717) is 11.3 Å². The second kappa shape index (κ2) is 5.65. The molecule has 2 atom stereocenters. The van der Waals surface area contributed by atoms with Crippen LogP contribution >= 0.6 is 0 Å². The Balaban J connectivity index is 2.85. The van der Waals surface area contributed by atoms with Gasteiger partial charge in [-0.1, -0.05) is 6.07 Å². The maximum Gasteiger partial charge on any atom is 0.220 e. The van der Waals surface area contributed by atoms with Crippen LogP contribution in [0.3, 0.4) is 0 Å². The van der Waals surface area contributed by atoms with Crippen molar-refractivity contribution in [3.63, 3.8) is 0 Å². The van der Waals surface area contributed by atoms with E-state index in [1.165, 1.54) is 0 Å². The quantitative estimate of drug-likeness (QED) is 0.687. The first-order chi connectivity index (χ1) is 7.95. The molecule has 4 N–H and O–H groups in total. The van der Waals surface area contributed by atoms with E-state index in [9.17, 15) is 15.0 Å². The van der Waals surface area contributed by atoms with Crippen LogP contribution in [0.15, 0.2) is 18.2 Å². The Morgan fingerprint density at radius 1 is 1.47 bits per heavy atom. The highest BCUT2D eigenvalue weighted by Gasteiger charge is 2.20. The summed E-state index contributed by atoms with van der Waals surface area (Å²) in [5.41, 5.74) is 6.32. The van der Waals surface area contributed by atoms with Gasteiger partial charge in [0.2, 0.25) is 5.91 Å². The molecule has 0 fully saturated rings. The van der Waals surface area contributed by atoms with Crippen LogP contribution in [0, 0.1) is 6.92 Å². The molecule has 0 aromatic heterocycles. The minimum atomic E-state index is -1.19. The van der Waals surface area contributed by atoms with Crippen LogP contribution in [0.4, 0.5) is 0 Å². The largest absolute Gasteiger partial charge is 0.496 e. The van der Waals surface area contributed by atoms with Crippen LogP contribution in [0.2, 0.25) is 0 Å². The van der Waals surface area contributed by atoms with Gasteiger partial charge in [0, 0.05) is 0 Å². The van der Waals surface area contributed by atoms with Crippen molar-refractivity contribution in [3.8, 4) is 5.75 Å². The van der Waals surface area contributed by atoms with Gasteiger partial charge in [0.15, 0.2) is 0 Å². The number of ether oxygens (including phenoxy) is 1. The molecule has 0 bridgehead atoms. The molecule has 0 aliphatic carbocycles. The Morgan fingerprint density at radius 3 is 2.59 bits per heavy atom. The monoisotopic (exact) mass is 239 g/mol. The number of hydrogen-bond acceptors (Lipinski definition) is 4. The smallest absolute Gasteiger partial charge is 0.220 e. The Kier molecular flexibility index (Phi) is 4.48. The molecule has 0 aliphatic rings. The van der Waals surface area contributed by atoms with E-state index >= 15 is 0 Å². The van der Waals surface area contributed by atoms with Crippen molar-refractivity contribution >= 4 is 5.91 Å². The highest BCUT2D eigenvalue weighted by atomic mass is 16.5. The number of hydrogen-bond donors (Lipinski definition) is 3. The summed E-state index contributed by atoms with van der Waals surface area (Å²) < 4.78 is 5.09. The summed E-state index contributed by atoms with van der Waals surface area (Å²) in [6.07, 6.45) is -2.60. The Labute approximate surface area is 99.8 Å². The van der Waals surface area contributed by atoms with Crippen molar-refractivity contribution in [2.24, 2.45) is 5.73 Å². The normalized spacial score (nSPS) is 14.1. The van der Waals surface area contributed by atoms with E-state index < -0.39 is 18.1 Å². The zero-order valence-corrected chi connectivity index (χ0v) is 9.88. The van der Waals surface area contributed by atoms with Crippen LogP contribution in [-0.2, 0) is 4.79 Å². The van der Waals surface area contributed by atoms with Gasteiger partial charge in [-0.25, -0.2) is 0 Å². The second-order valence-corrected chi connectivity index (χ2v) is 3.91. The molecule has 0 heterocycles. The van der Waals surface area contributed by atoms with Crippen molar-refractivity contribution in [2.45, 2.75) is 25.6 Å². The summed E-state index contributed by atoms with van der Waals surface area (Å²) in [4.78, 5) is 10.6. The van der Waals surface area contributed by atoms with Crippen LogP contribution in [0.25, 0.3) is 0 Å². The van der Waals surface area contributed by atoms with Crippen molar-refractivity contribution in [2.75, 3.05) is 7.11 Å². The van der Waals surface area contributed by atoms with E-state index in [-0.39, 0.29) is 6.42 Å². The minimum Gasteiger partial charge on any atom is -0.496 e. The average Bonchev–Trinajstić information content (AvgIpc) is 2.27. The molecule has 94 valence electrons. The number of aliphatic hydroxyl groups is 2. The number of methoxy groups -OCH3 is 1. The lowest BCUT2D eigenvalue weighted by molar-refractivity contribution is -0.121. The summed E-state index contributed by atoms with van der Waals surface area (Å²) >= 11 is 0. The van der Waals surface area contributed by atoms with E-state index in [2.05, 4.69) is 0 Å². The van der Waals surface area contributed by atoms with E-state index in [1.807, 2.05) is 6.92 Å². The van der Waals surface area contributed by atoms with Crippen molar-refractivity contribution in [1.82, 2.24) is 0 Å². The molecule has 2 unspecified atom stereocenters. The zero-order valence-electron chi connectivity index (χ0n) is 9.88. The second-order valence-electron chi connectivity index (χ2n) is 3.91. The molecule has 1 amide bonds. The average molecular weight is 239 g/mol. The number of carbonyl (C=O) groups is 1. The number of aryl methyl sites for hydroxylation is 1. The fourth-order valence-electron chi connectivity index (χ4n) is 1.63. The maximum atomic E-state index is 10.6. The van der Waals surface area contributed by atoms with Gasteiger partial charge in [0.25, 0.3) is 0 Å². The molecule has 0 aliphatic heterocycles. The van der Waals surface area contributed by atoms with E-state index in [4.69, 9.17) is 10.5 Å². The molecule has 17 heavy (non-hydrogen) atoms. The number of amides is 1. The molecule has 0 spiro atoms. The van der Waals surface area contributed by atoms with E-state index in [1.54, 1.807) is 25.3 Å². The first kappa shape index (κ1) is 13.5. The number of rotatable bonds is 5. The first-order valence-electron chi connectivity index (χ1n) is 5.24. The SMILES string of the molecule is COc1ccc(C(O)C(O)CC(N)=O)cc1C. The molecule has 1 rings (SSSR count). The fraction of sp³-hybridized carbons (Fsp3) is 0.417. The third-order valence-corrected chi connectivity index (χ3v) is 2.54. The number of primary amides is 1. The number of nitrogens with two attached hydrogens (primary N) is 1. The lowest BCUT2D eigenvalue weighted by atomic mass is 10.00. The van der Waals surface area contributed by atoms with Crippen LogP contribution < -0.4 is 10.5 Å². The van der Waals surface area contributed by atoms with Crippen molar-refractivity contribution in [3.05, 3.63) is 29.3 Å². The van der Waals surface area contributed by atoms with Gasteiger partial charge in [-0.2, -0.15) is 0 Å². The molecule has 1 aromatic rings. The molecule has 5 heteroatoms. The van der Waals surface area contributed by atoms with E-state index in [0.717, 1.165) is 5.56 Å². The van der Waals surface area contributed by atoms with Gasteiger partial charge in [0.1, 0.15) is 11.9 Å². The third kappa shape index (κ3) is 3.44.